The molecule has 2 aromatic heterocycles. The molecule has 0 amide bonds. The molecule has 88 valence electrons. The van der Waals surface area contributed by atoms with Crippen LogP contribution in [0.5, 0.6) is 0 Å². The van der Waals surface area contributed by atoms with E-state index in [1.165, 1.54) is 0 Å². The summed E-state index contributed by atoms with van der Waals surface area (Å²) in [4.78, 5) is 29.2. The highest BCUT2D eigenvalue weighted by Gasteiger charge is 2.12. The normalized spacial score (nSPS) is 10.6. The van der Waals surface area contributed by atoms with Gasteiger partial charge in [0, 0.05) is 36.2 Å². The number of nitrogens with zero attached hydrogens (tertiary/aromatic N) is 1. The summed E-state index contributed by atoms with van der Waals surface area (Å²) in [5.41, 5.74) is 1.26. The smallest absolute Gasteiger partial charge is 0.303 e. The fourth-order valence-corrected chi connectivity index (χ4v) is 1.72. The molecular formula is C12H12N2O3. The molecule has 0 aliphatic rings. The minimum absolute atomic E-state index is 0.0202. The lowest BCUT2D eigenvalue weighted by atomic mass is 10.1. The minimum atomic E-state index is -0.876. The van der Waals surface area contributed by atoms with Crippen LogP contribution in [0.25, 0.3) is 11.0 Å². The van der Waals surface area contributed by atoms with E-state index in [9.17, 15) is 9.59 Å². The van der Waals surface area contributed by atoms with Crippen LogP contribution in [0, 0.1) is 0 Å². The molecule has 0 aliphatic carbocycles. The number of aliphatic carboxylic acids is 1. The van der Waals surface area contributed by atoms with Crippen molar-refractivity contribution in [3.8, 4) is 0 Å². The van der Waals surface area contributed by atoms with Gasteiger partial charge < -0.3 is 10.1 Å². The highest BCUT2D eigenvalue weighted by Crippen LogP contribution is 2.18. The molecule has 0 bridgehead atoms. The molecule has 2 aromatic rings. The third-order valence-corrected chi connectivity index (χ3v) is 2.55. The summed E-state index contributed by atoms with van der Waals surface area (Å²) in [5, 5.41) is 9.29. The first-order valence-corrected chi connectivity index (χ1v) is 5.35. The Balaban J connectivity index is 2.11. The Morgan fingerprint density at radius 2 is 2.18 bits per heavy atom. The molecule has 0 aliphatic heterocycles. The summed E-state index contributed by atoms with van der Waals surface area (Å²) in [5.74, 6) is -0.927. The van der Waals surface area contributed by atoms with Gasteiger partial charge in [-0.05, 0) is 18.6 Å². The Bertz CT molecular complexity index is 560. The maximum atomic E-state index is 11.9. The van der Waals surface area contributed by atoms with Gasteiger partial charge >= 0.3 is 5.97 Å². The van der Waals surface area contributed by atoms with Gasteiger partial charge in [0.1, 0.15) is 5.65 Å². The first kappa shape index (κ1) is 11.3. The number of carbonyl (C=O) groups is 2. The van der Waals surface area contributed by atoms with Crippen LogP contribution < -0.4 is 0 Å². The maximum absolute atomic E-state index is 11.9. The second-order valence-electron chi connectivity index (χ2n) is 3.77. The molecule has 2 heterocycles. The predicted octanol–water partition coefficient (Wildman–Crippen LogP) is 2.00. The Labute approximate surface area is 97.5 Å². The summed E-state index contributed by atoms with van der Waals surface area (Å²) in [6.45, 7) is 0. The number of ketones is 1. The van der Waals surface area contributed by atoms with E-state index in [-0.39, 0.29) is 18.6 Å². The van der Waals surface area contributed by atoms with Crippen molar-refractivity contribution >= 4 is 22.8 Å². The lowest BCUT2D eigenvalue weighted by Gasteiger charge is -1.97. The molecular weight excluding hydrogens is 220 g/mol. The van der Waals surface area contributed by atoms with Crippen LogP contribution in [0.15, 0.2) is 24.5 Å². The number of carbonyl (C=O) groups excluding carboxylic acids is 1. The van der Waals surface area contributed by atoms with Gasteiger partial charge in [-0.3, -0.25) is 9.59 Å². The van der Waals surface area contributed by atoms with E-state index in [0.717, 1.165) is 5.39 Å². The Morgan fingerprint density at radius 1 is 1.35 bits per heavy atom. The third kappa shape index (κ3) is 2.50. The Morgan fingerprint density at radius 3 is 2.94 bits per heavy atom. The second-order valence-corrected chi connectivity index (χ2v) is 3.77. The molecule has 0 fully saturated rings. The van der Waals surface area contributed by atoms with Gasteiger partial charge in [-0.1, -0.05) is 0 Å². The van der Waals surface area contributed by atoms with Crippen LogP contribution in [0.2, 0.25) is 0 Å². The van der Waals surface area contributed by atoms with Crippen LogP contribution in [-0.4, -0.2) is 26.8 Å². The molecule has 0 saturated heterocycles. The van der Waals surface area contributed by atoms with Crippen molar-refractivity contribution in [2.75, 3.05) is 0 Å². The van der Waals surface area contributed by atoms with Crippen LogP contribution >= 0.6 is 0 Å². The SMILES string of the molecule is O=C(O)CCCC(=O)c1c[nH]c2ncccc12. The largest absolute Gasteiger partial charge is 0.481 e. The van der Waals surface area contributed by atoms with E-state index in [0.29, 0.717) is 17.6 Å². The molecule has 5 heteroatoms. The van der Waals surface area contributed by atoms with Gasteiger partial charge in [-0.25, -0.2) is 4.98 Å². The molecule has 0 aromatic carbocycles. The average molecular weight is 232 g/mol. The highest BCUT2D eigenvalue weighted by molar-refractivity contribution is 6.07. The van der Waals surface area contributed by atoms with Crippen molar-refractivity contribution in [1.29, 1.82) is 0 Å². The molecule has 0 atom stereocenters. The van der Waals surface area contributed by atoms with Crippen molar-refractivity contribution in [3.05, 3.63) is 30.1 Å². The second kappa shape index (κ2) is 4.78. The van der Waals surface area contributed by atoms with E-state index < -0.39 is 5.97 Å². The van der Waals surface area contributed by atoms with Gasteiger partial charge in [0.15, 0.2) is 5.78 Å². The molecule has 2 N–H and O–H groups in total. The number of rotatable bonds is 5. The van der Waals surface area contributed by atoms with E-state index >= 15 is 0 Å². The van der Waals surface area contributed by atoms with E-state index in [1.54, 1.807) is 18.5 Å². The highest BCUT2D eigenvalue weighted by atomic mass is 16.4. The zero-order valence-electron chi connectivity index (χ0n) is 9.14. The van der Waals surface area contributed by atoms with Crippen molar-refractivity contribution < 1.29 is 14.7 Å². The molecule has 2 rings (SSSR count). The number of carboxylic acid groups (broad SMARTS) is 1. The van der Waals surface area contributed by atoms with Gasteiger partial charge in [-0.15, -0.1) is 0 Å². The van der Waals surface area contributed by atoms with Crippen LogP contribution in [0.1, 0.15) is 29.6 Å². The monoisotopic (exact) mass is 232 g/mol. The van der Waals surface area contributed by atoms with Crippen molar-refractivity contribution in [3.63, 3.8) is 0 Å². The number of nitrogens with one attached hydrogen (secondary N) is 1. The van der Waals surface area contributed by atoms with Crippen molar-refractivity contribution in [1.82, 2.24) is 9.97 Å². The average Bonchev–Trinajstić information content (AvgIpc) is 2.72. The quantitative estimate of drug-likeness (QED) is 0.772. The van der Waals surface area contributed by atoms with Crippen LogP contribution in [-0.2, 0) is 4.79 Å². The number of aromatic nitrogens is 2. The zero-order chi connectivity index (χ0) is 12.3. The van der Waals surface area contributed by atoms with Gasteiger partial charge in [-0.2, -0.15) is 0 Å². The van der Waals surface area contributed by atoms with Crippen molar-refractivity contribution in [2.24, 2.45) is 0 Å². The summed E-state index contributed by atoms with van der Waals surface area (Å²) in [6, 6.07) is 3.59. The third-order valence-electron chi connectivity index (χ3n) is 2.55. The molecule has 5 nitrogen and oxygen atoms in total. The predicted molar refractivity (Wildman–Crippen MR) is 61.9 cm³/mol. The molecule has 0 spiro atoms. The minimum Gasteiger partial charge on any atom is -0.481 e. The lowest BCUT2D eigenvalue weighted by molar-refractivity contribution is -0.137. The van der Waals surface area contributed by atoms with E-state index in [2.05, 4.69) is 9.97 Å². The number of hydrogen-bond donors (Lipinski definition) is 2. The maximum Gasteiger partial charge on any atom is 0.303 e. The summed E-state index contributed by atoms with van der Waals surface area (Å²) < 4.78 is 0. The summed E-state index contributed by atoms with van der Waals surface area (Å²) in [7, 11) is 0. The number of aromatic amines is 1. The molecule has 17 heavy (non-hydrogen) atoms. The molecule has 0 saturated carbocycles. The number of Topliss-reactive ketones (excluding diaryl/α,β-unsaturated/α-hetero) is 1. The fraction of sp³-hybridized carbons (Fsp3) is 0.250. The Hall–Kier alpha value is -2.17. The van der Waals surface area contributed by atoms with Crippen LogP contribution in [0.4, 0.5) is 0 Å². The van der Waals surface area contributed by atoms with E-state index in [4.69, 9.17) is 5.11 Å². The molecule has 0 unspecified atom stereocenters. The molecule has 0 radical (unpaired) electrons. The van der Waals surface area contributed by atoms with E-state index in [1.807, 2.05) is 6.07 Å². The number of pyridine rings is 1. The van der Waals surface area contributed by atoms with Gasteiger partial charge in [0.05, 0.1) is 0 Å². The fourth-order valence-electron chi connectivity index (χ4n) is 1.72. The first-order chi connectivity index (χ1) is 8.18. The van der Waals surface area contributed by atoms with Crippen molar-refractivity contribution in [2.45, 2.75) is 19.3 Å². The van der Waals surface area contributed by atoms with Gasteiger partial charge in [0.25, 0.3) is 0 Å². The van der Waals surface area contributed by atoms with Crippen LogP contribution in [0.3, 0.4) is 0 Å². The standard InChI is InChI=1S/C12H12N2O3/c15-10(4-1-5-11(16)17)9-7-14-12-8(9)3-2-6-13-12/h2-3,6-7H,1,4-5H2,(H,13,14)(H,16,17). The zero-order valence-corrected chi connectivity index (χ0v) is 9.14. The summed E-state index contributed by atoms with van der Waals surface area (Å²) >= 11 is 0. The number of H-pyrrole nitrogens is 1. The first-order valence-electron chi connectivity index (χ1n) is 5.35. The Kier molecular flexibility index (Phi) is 3.18. The lowest BCUT2D eigenvalue weighted by Crippen LogP contribution is -2.01. The summed E-state index contributed by atoms with van der Waals surface area (Å²) in [6.07, 6.45) is 3.90. The topological polar surface area (TPSA) is 83.0 Å². The van der Waals surface area contributed by atoms with Gasteiger partial charge in [0.2, 0.25) is 0 Å². The number of fused-ring (bicyclic) bond motifs is 1. The number of hydrogen-bond acceptors (Lipinski definition) is 3. The number of carboxylic acids is 1.